The molecule has 2 aliphatic rings. The molecular weight excluding hydrogens is 392 g/mol. The lowest BCUT2D eigenvalue weighted by molar-refractivity contribution is -0.158. The van der Waals surface area contributed by atoms with Crippen LogP contribution in [0, 0.1) is 11.8 Å². The van der Waals surface area contributed by atoms with Gasteiger partial charge in [0.15, 0.2) is 5.78 Å². The maximum atomic E-state index is 13.1. The van der Waals surface area contributed by atoms with Gasteiger partial charge in [0, 0.05) is 13.0 Å². The van der Waals surface area contributed by atoms with Gasteiger partial charge in [0.25, 0.3) is 5.91 Å². The van der Waals surface area contributed by atoms with Crippen molar-refractivity contribution in [2.24, 2.45) is 11.8 Å². The number of rotatable bonds is 6. The van der Waals surface area contributed by atoms with E-state index in [-0.39, 0.29) is 52.2 Å². The minimum Gasteiger partial charge on any atom is -0.364 e. The fourth-order valence-electron chi connectivity index (χ4n) is 3.83. The van der Waals surface area contributed by atoms with Crippen molar-refractivity contribution in [3.05, 3.63) is 35.9 Å². The summed E-state index contributed by atoms with van der Waals surface area (Å²) < 4.78 is 6.00. The maximum absolute atomic E-state index is 13.1. The van der Waals surface area contributed by atoms with E-state index in [1.165, 1.54) is 0 Å². The SMILES string of the molecule is C.CC(C)C[C@H](OCc1ccccc1)C(=O)N1NCC[C@H]2CCC(=O)[C@H]21.S.S. The molecule has 160 valence electrons. The second-order valence-corrected chi connectivity index (χ2v) is 7.53. The first-order valence-corrected chi connectivity index (χ1v) is 9.31. The molecule has 7 heteroatoms. The molecule has 3 atom stereocenters. The van der Waals surface area contributed by atoms with Gasteiger partial charge in [0.2, 0.25) is 0 Å². The largest absolute Gasteiger partial charge is 0.364 e. The monoisotopic (exact) mass is 428 g/mol. The van der Waals surface area contributed by atoms with E-state index < -0.39 is 6.10 Å². The van der Waals surface area contributed by atoms with Crippen LogP contribution in [0.1, 0.15) is 52.5 Å². The zero-order valence-corrected chi connectivity index (χ0v) is 18.1. The summed E-state index contributed by atoms with van der Waals surface area (Å²) in [6.07, 6.45) is 2.56. The lowest BCUT2D eigenvalue weighted by Crippen LogP contribution is -2.60. The topological polar surface area (TPSA) is 58.6 Å². The summed E-state index contributed by atoms with van der Waals surface area (Å²) in [5, 5.41) is 1.58. The van der Waals surface area contributed by atoms with Gasteiger partial charge in [0.1, 0.15) is 12.1 Å². The van der Waals surface area contributed by atoms with Crippen LogP contribution in [-0.2, 0) is 20.9 Å². The summed E-state index contributed by atoms with van der Waals surface area (Å²) in [4.78, 5) is 25.4. The predicted molar refractivity (Wildman–Crippen MR) is 123 cm³/mol. The van der Waals surface area contributed by atoms with Crippen molar-refractivity contribution in [2.45, 2.75) is 65.7 Å². The van der Waals surface area contributed by atoms with Crippen LogP contribution < -0.4 is 5.43 Å². The molecule has 1 aliphatic heterocycles. The minimum atomic E-state index is -0.528. The third-order valence-corrected chi connectivity index (χ3v) is 5.11. The Kier molecular flexibility index (Phi) is 12.1. The summed E-state index contributed by atoms with van der Waals surface area (Å²) in [6, 6.07) is 9.57. The number of carbonyl (C=O) groups excluding carboxylic acids is 2. The number of ketones is 1. The van der Waals surface area contributed by atoms with Gasteiger partial charge in [-0.25, -0.2) is 5.43 Å². The van der Waals surface area contributed by atoms with Crippen molar-refractivity contribution in [1.29, 1.82) is 0 Å². The van der Waals surface area contributed by atoms with Gasteiger partial charge in [-0.15, -0.1) is 0 Å². The molecule has 1 heterocycles. The first-order valence-electron chi connectivity index (χ1n) is 9.31. The van der Waals surface area contributed by atoms with Crippen molar-refractivity contribution in [1.82, 2.24) is 10.4 Å². The molecule has 1 amide bonds. The normalized spacial score (nSPS) is 21.8. The number of hydrogen-bond donors (Lipinski definition) is 1. The van der Waals surface area contributed by atoms with Crippen LogP contribution in [0.2, 0.25) is 0 Å². The van der Waals surface area contributed by atoms with Crippen molar-refractivity contribution in [3.8, 4) is 0 Å². The van der Waals surface area contributed by atoms with Gasteiger partial charge < -0.3 is 4.74 Å². The van der Waals surface area contributed by atoms with E-state index in [1.807, 2.05) is 30.3 Å². The van der Waals surface area contributed by atoms with Gasteiger partial charge >= 0.3 is 0 Å². The van der Waals surface area contributed by atoms with Crippen LogP contribution in [0.4, 0.5) is 0 Å². The number of amides is 1. The first-order chi connectivity index (χ1) is 12.1. The van der Waals surface area contributed by atoms with Crippen LogP contribution in [-0.4, -0.2) is 35.4 Å². The second kappa shape index (κ2) is 12.5. The molecule has 0 aromatic heterocycles. The lowest BCUT2D eigenvalue weighted by atomic mass is 9.95. The Morgan fingerprint density at radius 3 is 2.54 bits per heavy atom. The summed E-state index contributed by atoms with van der Waals surface area (Å²) in [5.41, 5.74) is 4.20. The number of fused-ring (bicyclic) bond motifs is 1. The smallest absolute Gasteiger partial charge is 0.266 e. The lowest BCUT2D eigenvalue weighted by Gasteiger charge is -2.39. The number of carbonyl (C=O) groups is 2. The van der Waals surface area contributed by atoms with Gasteiger partial charge in [-0.3, -0.25) is 14.6 Å². The molecule has 0 unspecified atom stereocenters. The molecule has 1 aliphatic carbocycles. The molecule has 0 spiro atoms. The zero-order chi connectivity index (χ0) is 17.8. The Hall–Kier alpha value is -1.02. The van der Waals surface area contributed by atoms with Crippen molar-refractivity contribution >= 4 is 38.7 Å². The number of benzene rings is 1. The average Bonchev–Trinajstić information content (AvgIpc) is 3.00. The molecule has 1 N–H and O–H groups in total. The number of nitrogens with zero attached hydrogens (tertiary/aromatic N) is 1. The van der Waals surface area contributed by atoms with Crippen LogP contribution in [0.5, 0.6) is 0 Å². The van der Waals surface area contributed by atoms with Crippen LogP contribution in [0.3, 0.4) is 0 Å². The molecule has 0 bridgehead atoms. The molecule has 2 fully saturated rings. The Balaban J connectivity index is 0.00000243. The highest BCUT2D eigenvalue weighted by atomic mass is 32.1. The highest BCUT2D eigenvalue weighted by Crippen LogP contribution is 2.32. The first kappa shape index (κ1) is 27.0. The number of Topliss-reactive ketones (excluding diaryl/α,β-unsaturated/α-hetero) is 1. The molecule has 1 aromatic carbocycles. The Morgan fingerprint density at radius 2 is 1.89 bits per heavy atom. The molecule has 1 saturated heterocycles. The van der Waals surface area contributed by atoms with E-state index in [0.29, 0.717) is 31.3 Å². The minimum absolute atomic E-state index is 0. The van der Waals surface area contributed by atoms with Crippen molar-refractivity contribution in [3.63, 3.8) is 0 Å². The molecule has 3 rings (SSSR count). The molecule has 1 aromatic rings. The number of hydrazine groups is 1. The van der Waals surface area contributed by atoms with Gasteiger partial charge in [-0.1, -0.05) is 51.6 Å². The Bertz CT molecular complexity index is 613. The van der Waals surface area contributed by atoms with E-state index in [0.717, 1.165) is 24.9 Å². The average molecular weight is 429 g/mol. The van der Waals surface area contributed by atoms with Crippen LogP contribution in [0.25, 0.3) is 0 Å². The number of nitrogens with one attached hydrogen (secondary N) is 1. The van der Waals surface area contributed by atoms with E-state index in [2.05, 4.69) is 19.3 Å². The summed E-state index contributed by atoms with van der Waals surface area (Å²) in [5.74, 6) is 0.711. The zero-order valence-electron chi connectivity index (χ0n) is 16.1. The van der Waals surface area contributed by atoms with Crippen LogP contribution >= 0.6 is 27.0 Å². The highest BCUT2D eigenvalue weighted by Gasteiger charge is 2.45. The van der Waals surface area contributed by atoms with Crippen molar-refractivity contribution < 1.29 is 14.3 Å². The number of hydrogen-bond acceptors (Lipinski definition) is 4. The van der Waals surface area contributed by atoms with Crippen molar-refractivity contribution in [2.75, 3.05) is 6.54 Å². The third-order valence-electron chi connectivity index (χ3n) is 5.11. The van der Waals surface area contributed by atoms with E-state index in [4.69, 9.17) is 4.74 Å². The van der Waals surface area contributed by atoms with Gasteiger partial charge in [0.05, 0.1) is 6.61 Å². The quantitative estimate of drug-likeness (QED) is 0.753. The maximum Gasteiger partial charge on any atom is 0.266 e. The molecule has 5 nitrogen and oxygen atoms in total. The third kappa shape index (κ3) is 6.51. The van der Waals surface area contributed by atoms with E-state index in [1.54, 1.807) is 5.01 Å². The molecule has 1 saturated carbocycles. The standard InChI is InChI=1S/C20H28N2O3.CH4.2H2S/c1-14(2)12-18(25-13-15-6-4-3-5-7-15)20(24)22-19-16(10-11-21-22)8-9-17(19)23;;;/h3-7,14,16,18-19,21H,8-13H2,1-2H3;1H4;2*1H2/t16-,18+,19+;;;/m1.../s1. The number of ether oxygens (including phenoxy) is 1. The van der Waals surface area contributed by atoms with E-state index >= 15 is 0 Å². The second-order valence-electron chi connectivity index (χ2n) is 7.53. The fraction of sp³-hybridized carbons (Fsp3) is 0.619. The van der Waals surface area contributed by atoms with Crippen LogP contribution in [0.15, 0.2) is 30.3 Å². The summed E-state index contributed by atoms with van der Waals surface area (Å²) in [7, 11) is 0. The molecule has 28 heavy (non-hydrogen) atoms. The molecular formula is C21H36N2O3S2. The predicted octanol–water partition coefficient (Wildman–Crippen LogP) is 3.56. The molecule has 0 radical (unpaired) electrons. The fourth-order valence-corrected chi connectivity index (χ4v) is 3.83. The Labute approximate surface area is 183 Å². The van der Waals surface area contributed by atoms with Gasteiger partial charge in [-0.05, 0) is 36.7 Å². The van der Waals surface area contributed by atoms with E-state index in [9.17, 15) is 9.59 Å². The van der Waals surface area contributed by atoms with Gasteiger partial charge in [-0.2, -0.15) is 27.0 Å². The summed E-state index contributed by atoms with van der Waals surface area (Å²) >= 11 is 0. The Morgan fingerprint density at radius 1 is 1.21 bits per heavy atom. The summed E-state index contributed by atoms with van der Waals surface area (Å²) in [6.45, 7) is 5.31. The highest BCUT2D eigenvalue weighted by molar-refractivity contribution is 7.59.